The molecule has 1 saturated heterocycles. The summed E-state index contributed by atoms with van der Waals surface area (Å²) in [4.78, 5) is 27.2. The van der Waals surface area contributed by atoms with Gasteiger partial charge >= 0.3 is 0 Å². The smallest absolute Gasteiger partial charge is 0.292 e. The fourth-order valence-corrected chi connectivity index (χ4v) is 5.46. The van der Waals surface area contributed by atoms with Gasteiger partial charge in [-0.1, -0.05) is 23.7 Å². The van der Waals surface area contributed by atoms with Gasteiger partial charge in [0, 0.05) is 43.3 Å². The number of nitrogens with zero attached hydrogens (tertiary/aromatic N) is 3. The quantitative estimate of drug-likeness (QED) is 0.519. The van der Waals surface area contributed by atoms with Crippen LogP contribution >= 0.6 is 11.6 Å². The van der Waals surface area contributed by atoms with Crippen molar-refractivity contribution in [1.82, 2.24) is 9.62 Å². The maximum absolute atomic E-state index is 13.0. The Bertz CT molecular complexity index is 1140. The van der Waals surface area contributed by atoms with Crippen molar-refractivity contribution in [3.8, 4) is 0 Å². The molecular formula is C21H25ClN4O5S. The average Bonchev–Trinajstić information content (AvgIpc) is 2.72. The minimum atomic E-state index is -3.92. The average molecular weight is 481 g/mol. The van der Waals surface area contributed by atoms with Gasteiger partial charge in [0.25, 0.3) is 11.6 Å². The summed E-state index contributed by atoms with van der Waals surface area (Å²) in [6, 6.07) is 10.7. The normalized spacial score (nSPS) is 15.0. The number of piperazine rings is 1. The Hall–Kier alpha value is -2.69. The number of hydrogen-bond acceptors (Lipinski definition) is 6. The predicted octanol–water partition coefficient (Wildman–Crippen LogP) is 3.29. The molecule has 0 radical (unpaired) electrons. The molecule has 3 rings (SSSR count). The van der Waals surface area contributed by atoms with Gasteiger partial charge in [0.15, 0.2) is 0 Å². The van der Waals surface area contributed by atoms with Gasteiger partial charge in [-0.15, -0.1) is 0 Å². The molecule has 1 N–H and O–H groups in total. The second-order valence-electron chi connectivity index (χ2n) is 8.53. The SMILES string of the molecule is CC(C)(C)NS(=O)(=O)c1cc(C(=O)N2CCN(c3ccccc3[N+](=O)[O-])CC2)ccc1Cl. The lowest BCUT2D eigenvalue weighted by molar-refractivity contribution is -0.384. The number of anilines is 1. The molecule has 0 aromatic heterocycles. The Morgan fingerprint density at radius 2 is 1.72 bits per heavy atom. The largest absolute Gasteiger partial charge is 0.362 e. The molecule has 11 heteroatoms. The van der Waals surface area contributed by atoms with Crippen molar-refractivity contribution in [2.24, 2.45) is 0 Å². The number of halogens is 1. The first-order valence-corrected chi connectivity index (χ1v) is 11.9. The molecule has 32 heavy (non-hydrogen) atoms. The number of nitrogens with one attached hydrogen (secondary N) is 1. The molecule has 1 amide bonds. The molecule has 1 aliphatic heterocycles. The lowest BCUT2D eigenvalue weighted by Crippen LogP contribution is -2.49. The van der Waals surface area contributed by atoms with Crippen LogP contribution in [0.15, 0.2) is 47.4 Å². The van der Waals surface area contributed by atoms with E-state index in [1.54, 1.807) is 43.9 Å². The van der Waals surface area contributed by atoms with Crippen molar-refractivity contribution in [3.05, 3.63) is 63.2 Å². The second-order valence-corrected chi connectivity index (χ2v) is 10.6. The Balaban J connectivity index is 1.77. The lowest BCUT2D eigenvalue weighted by Gasteiger charge is -2.35. The third kappa shape index (κ3) is 5.37. The summed E-state index contributed by atoms with van der Waals surface area (Å²) in [5.41, 5.74) is 0.0326. The topological polar surface area (TPSA) is 113 Å². The van der Waals surface area contributed by atoms with E-state index in [1.807, 2.05) is 4.90 Å². The first-order chi connectivity index (χ1) is 14.9. The van der Waals surface area contributed by atoms with E-state index in [9.17, 15) is 23.3 Å². The van der Waals surface area contributed by atoms with Crippen molar-refractivity contribution in [2.45, 2.75) is 31.2 Å². The van der Waals surface area contributed by atoms with Crippen LogP contribution in [0.2, 0.25) is 5.02 Å². The van der Waals surface area contributed by atoms with E-state index in [0.29, 0.717) is 31.9 Å². The number of sulfonamides is 1. The Morgan fingerprint density at radius 1 is 1.09 bits per heavy atom. The summed E-state index contributed by atoms with van der Waals surface area (Å²) in [5.74, 6) is -0.323. The number of amides is 1. The molecule has 2 aromatic rings. The van der Waals surface area contributed by atoms with Crippen molar-refractivity contribution in [1.29, 1.82) is 0 Å². The van der Waals surface area contributed by atoms with Crippen molar-refractivity contribution < 1.29 is 18.1 Å². The van der Waals surface area contributed by atoms with Crippen LogP contribution in [0.25, 0.3) is 0 Å². The number of nitro groups is 1. The van der Waals surface area contributed by atoms with Crippen LogP contribution in [-0.4, -0.2) is 55.9 Å². The van der Waals surface area contributed by atoms with Crippen LogP contribution in [0.1, 0.15) is 31.1 Å². The van der Waals surface area contributed by atoms with E-state index in [4.69, 9.17) is 11.6 Å². The molecule has 2 aromatic carbocycles. The van der Waals surface area contributed by atoms with Crippen LogP contribution < -0.4 is 9.62 Å². The highest BCUT2D eigenvalue weighted by molar-refractivity contribution is 7.89. The van der Waals surface area contributed by atoms with Crippen LogP contribution in [-0.2, 0) is 10.0 Å². The van der Waals surface area contributed by atoms with Gasteiger partial charge in [0.05, 0.1) is 9.95 Å². The minimum absolute atomic E-state index is 0.0196. The second kappa shape index (κ2) is 9.05. The molecule has 9 nitrogen and oxygen atoms in total. The van der Waals surface area contributed by atoms with Crippen LogP contribution in [0.5, 0.6) is 0 Å². The molecule has 1 heterocycles. The fraction of sp³-hybridized carbons (Fsp3) is 0.381. The third-order valence-corrected chi connectivity index (χ3v) is 7.13. The predicted molar refractivity (Wildman–Crippen MR) is 123 cm³/mol. The summed E-state index contributed by atoms with van der Waals surface area (Å²) in [6.45, 7) is 6.66. The zero-order chi connectivity index (χ0) is 23.7. The van der Waals surface area contributed by atoms with Crippen molar-refractivity contribution in [2.75, 3.05) is 31.1 Å². The van der Waals surface area contributed by atoms with Gasteiger partial charge in [-0.3, -0.25) is 14.9 Å². The molecule has 0 saturated carbocycles. The highest BCUT2D eigenvalue weighted by atomic mass is 35.5. The van der Waals surface area contributed by atoms with Gasteiger partial charge in [-0.2, -0.15) is 0 Å². The van der Waals surface area contributed by atoms with Crippen molar-refractivity contribution in [3.63, 3.8) is 0 Å². The number of nitro benzene ring substituents is 1. The highest BCUT2D eigenvalue weighted by Crippen LogP contribution is 2.29. The van der Waals surface area contributed by atoms with Gasteiger partial charge in [0.2, 0.25) is 10.0 Å². The summed E-state index contributed by atoms with van der Waals surface area (Å²) in [7, 11) is -3.92. The summed E-state index contributed by atoms with van der Waals surface area (Å²) in [5, 5.41) is 11.3. The van der Waals surface area contributed by atoms with E-state index in [0.717, 1.165) is 0 Å². The maximum atomic E-state index is 13.0. The van der Waals surface area contributed by atoms with Gasteiger partial charge < -0.3 is 9.80 Å². The van der Waals surface area contributed by atoms with Crippen molar-refractivity contribution >= 4 is 38.9 Å². The Kier molecular flexibility index (Phi) is 6.77. The van der Waals surface area contributed by atoms with Gasteiger partial charge in [-0.25, -0.2) is 13.1 Å². The number of benzene rings is 2. The van der Waals surface area contributed by atoms with Crippen LogP contribution in [0.4, 0.5) is 11.4 Å². The molecule has 172 valence electrons. The minimum Gasteiger partial charge on any atom is -0.362 e. The van der Waals surface area contributed by atoms with E-state index >= 15 is 0 Å². The molecule has 1 aliphatic rings. The molecule has 0 aliphatic carbocycles. The zero-order valence-corrected chi connectivity index (χ0v) is 19.6. The molecule has 0 unspecified atom stereocenters. The van der Waals surface area contributed by atoms with E-state index in [1.165, 1.54) is 24.3 Å². The molecule has 0 atom stereocenters. The van der Waals surface area contributed by atoms with Gasteiger partial charge in [0.1, 0.15) is 10.6 Å². The first-order valence-electron chi connectivity index (χ1n) is 10.0. The number of carbonyl (C=O) groups excluding carboxylic acids is 1. The Labute approximate surface area is 192 Å². The molecule has 0 bridgehead atoms. The number of hydrogen-bond donors (Lipinski definition) is 1. The van der Waals surface area contributed by atoms with Gasteiger partial charge in [-0.05, 0) is 45.0 Å². The maximum Gasteiger partial charge on any atom is 0.292 e. The van der Waals surface area contributed by atoms with Crippen LogP contribution in [0.3, 0.4) is 0 Å². The third-order valence-electron chi connectivity index (χ3n) is 4.89. The first kappa shape index (κ1) is 24.0. The number of para-hydroxylation sites is 2. The summed E-state index contributed by atoms with van der Waals surface area (Å²) < 4.78 is 28.0. The van der Waals surface area contributed by atoms with E-state index in [2.05, 4.69) is 4.72 Å². The monoisotopic (exact) mass is 480 g/mol. The standard InChI is InChI=1S/C21H25ClN4O5S/c1-21(2,3)23-32(30,31)19-14-15(8-9-16(19)22)20(27)25-12-10-24(11-13-25)17-6-4-5-7-18(17)26(28)29/h4-9,14,23H,10-13H2,1-3H3. The van der Waals surface area contributed by atoms with E-state index < -0.39 is 20.5 Å². The highest BCUT2D eigenvalue weighted by Gasteiger charge is 2.29. The summed E-state index contributed by atoms with van der Waals surface area (Å²) in [6.07, 6.45) is 0. The number of rotatable bonds is 5. The van der Waals surface area contributed by atoms with E-state index in [-0.39, 0.29) is 27.1 Å². The lowest BCUT2D eigenvalue weighted by atomic mass is 10.1. The van der Waals surface area contributed by atoms with Crippen LogP contribution in [0, 0.1) is 10.1 Å². The zero-order valence-electron chi connectivity index (χ0n) is 18.0. The molecule has 1 fully saturated rings. The fourth-order valence-electron chi connectivity index (χ4n) is 3.52. The number of carbonyl (C=O) groups is 1. The summed E-state index contributed by atoms with van der Waals surface area (Å²) >= 11 is 6.12. The molecular weight excluding hydrogens is 456 g/mol. The Morgan fingerprint density at radius 3 is 2.31 bits per heavy atom. The molecule has 0 spiro atoms.